The summed E-state index contributed by atoms with van der Waals surface area (Å²) in [6.07, 6.45) is 7.42. The number of aromatic nitrogens is 1. The summed E-state index contributed by atoms with van der Waals surface area (Å²) < 4.78 is 27.6. The number of hydrogen-bond donors (Lipinski definition) is 1. The fraction of sp³-hybridized carbons (Fsp3) is 0.286. The van der Waals surface area contributed by atoms with E-state index in [9.17, 15) is 4.39 Å². The van der Waals surface area contributed by atoms with Crippen molar-refractivity contribution in [1.82, 2.24) is 4.98 Å². The van der Waals surface area contributed by atoms with Crippen LogP contribution in [0.4, 0.5) is 10.1 Å². The first kappa shape index (κ1) is 20.6. The molecule has 27 heavy (non-hydrogen) atoms. The molecule has 1 N–H and O–H groups in total. The Morgan fingerprint density at radius 3 is 2.22 bits per heavy atom. The maximum absolute atomic E-state index is 11.8. The van der Waals surface area contributed by atoms with Gasteiger partial charge in [0.25, 0.3) is 0 Å². The summed E-state index contributed by atoms with van der Waals surface area (Å²) in [5.41, 5.74) is 3.08. The zero-order valence-electron chi connectivity index (χ0n) is 15.3. The Kier molecular flexibility index (Phi) is 9.63. The van der Waals surface area contributed by atoms with Gasteiger partial charge in [0, 0.05) is 18.0 Å². The first-order chi connectivity index (χ1) is 13.3. The third-order valence-corrected chi connectivity index (χ3v) is 3.48. The Morgan fingerprint density at radius 1 is 0.889 bits per heavy atom. The molecule has 144 valence electrons. The first-order valence-electron chi connectivity index (χ1n) is 8.77. The van der Waals surface area contributed by atoms with Gasteiger partial charge < -0.3 is 19.5 Å². The molecule has 6 heteroatoms. The minimum atomic E-state index is -0.473. The number of rotatable bonds is 13. The molecular weight excluding hydrogens is 347 g/mol. The van der Waals surface area contributed by atoms with Crippen molar-refractivity contribution in [3.63, 3.8) is 0 Å². The van der Waals surface area contributed by atoms with Crippen molar-refractivity contribution in [3.05, 3.63) is 66.5 Å². The van der Waals surface area contributed by atoms with Crippen LogP contribution in [0.2, 0.25) is 0 Å². The maximum atomic E-state index is 11.8. The number of halogens is 1. The summed E-state index contributed by atoms with van der Waals surface area (Å²) in [5, 5.41) is 3.04. The van der Waals surface area contributed by atoms with Crippen LogP contribution in [0.25, 0.3) is 12.2 Å². The predicted molar refractivity (Wildman–Crippen MR) is 107 cm³/mol. The highest BCUT2D eigenvalue weighted by Crippen LogP contribution is 2.14. The third-order valence-electron chi connectivity index (χ3n) is 3.48. The molecule has 0 radical (unpaired) electrons. The van der Waals surface area contributed by atoms with Gasteiger partial charge in [0.15, 0.2) is 0 Å². The number of anilines is 1. The van der Waals surface area contributed by atoms with E-state index >= 15 is 0 Å². The molecule has 1 heterocycles. The normalized spacial score (nSPS) is 10.9. The molecule has 0 bridgehead atoms. The lowest BCUT2D eigenvalue weighted by Gasteiger charge is -2.06. The lowest BCUT2D eigenvalue weighted by atomic mass is 10.1. The summed E-state index contributed by atoms with van der Waals surface area (Å²) in [7, 11) is 0. The smallest absolute Gasteiger partial charge is 0.213 e. The molecule has 0 saturated heterocycles. The van der Waals surface area contributed by atoms with Gasteiger partial charge in [-0.15, -0.1) is 0 Å². The number of nitrogens with zero attached hydrogens (tertiary/aromatic N) is 1. The molecular formula is C21H25FN2O3. The van der Waals surface area contributed by atoms with E-state index in [1.165, 1.54) is 0 Å². The molecule has 0 spiro atoms. The van der Waals surface area contributed by atoms with Crippen molar-refractivity contribution in [1.29, 1.82) is 0 Å². The van der Waals surface area contributed by atoms with Gasteiger partial charge in [0.2, 0.25) is 5.88 Å². The maximum Gasteiger partial charge on any atom is 0.213 e. The van der Waals surface area contributed by atoms with Crippen molar-refractivity contribution in [2.45, 2.75) is 0 Å². The van der Waals surface area contributed by atoms with Gasteiger partial charge in [-0.05, 0) is 35.5 Å². The van der Waals surface area contributed by atoms with Crippen LogP contribution >= 0.6 is 0 Å². The van der Waals surface area contributed by atoms with Crippen LogP contribution in [-0.4, -0.2) is 44.7 Å². The van der Waals surface area contributed by atoms with Crippen LogP contribution in [0.5, 0.6) is 5.88 Å². The van der Waals surface area contributed by atoms with E-state index in [0.29, 0.717) is 32.3 Å². The second-order valence-electron chi connectivity index (χ2n) is 5.50. The minimum absolute atomic E-state index is 0.113. The summed E-state index contributed by atoms with van der Waals surface area (Å²) >= 11 is 0. The van der Waals surface area contributed by atoms with Gasteiger partial charge in [0.1, 0.15) is 13.3 Å². The standard InChI is InChI=1S/C21H25FN2O3/c1-2-23-20-8-5-18(6-9-20)3-4-19-7-10-21(24-17-19)27-16-15-26-14-13-25-12-11-22/h2-10,17,23H,1,11-16H2/b4-3+. The molecule has 0 fully saturated rings. The summed E-state index contributed by atoms with van der Waals surface area (Å²) in [5.74, 6) is 0.546. The summed E-state index contributed by atoms with van der Waals surface area (Å²) in [6, 6.07) is 11.8. The minimum Gasteiger partial charge on any atom is -0.475 e. The van der Waals surface area contributed by atoms with E-state index < -0.39 is 6.67 Å². The second kappa shape index (κ2) is 12.6. The average molecular weight is 372 g/mol. The van der Waals surface area contributed by atoms with Gasteiger partial charge in [0.05, 0.1) is 26.4 Å². The lowest BCUT2D eigenvalue weighted by Crippen LogP contribution is -2.11. The van der Waals surface area contributed by atoms with E-state index in [0.717, 1.165) is 16.8 Å². The first-order valence-corrected chi connectivity index (χ1v) is 8.77. The van der Waals surface area contributed by atoms with E-state index in [2.05, 4.69) is 16.9 Å². The number of hydrogen-bond acceptors (Lipinski definition) is 5. The largest absolute Gasteiger partial charge is 0.475 e. The van der Waals surface area contributed by atoms with Crippen molar-refractivity contribution in [2.75, 3.05) is 45.0 Å². The van der Waals surface area contributed by atoms with Gasteiger partial charge in [-0.3, -0.25) is 0 Å². The highest BCUT2D eigenvalue weighted by Gasteiger charge is 1.97. The van der Waals surface area contributed by atoms with Gasteiger partial charge in [-0.25, -0.2) is 9.37 Å². The molecule has 2 rings (SSSR count). The van der Waals surface area contributed by atoms with Crippen molar-refractivity contribution < 1.29 is 18.6 Å². The van der Waals surface area contributed by atoms with Crippen molar-refractivity contribution in [2.24, 2.45) is 0 Å². The molecule has 0 saturated carbocycles. The van der Waals surface area contributed by atoms with Gasteiger partial charge in [-0.2, -0.15) is 0 Å². The Hall–Kier alpha value is -2.70. The molecule has 0 aliphatic rings. The molecule has 0 atom stereocenters. The van der Waals surface area contributed by atoms with Crippen molar-refractivity contribution >= 4 is 17.8 Å². The number of benzene rings is 1. The fourth-order valence-electron chi connectivity index (χ4n) is 2.16. The third kappa shape index (κ3) is 8.48. The quantitative estimate of drug-likeness (QED) is 0.535. The van der Waals surface area contributed by atoms with Crippen LogP contribution in [-0.2, 0) is 9.47 Å². The van der Waals surface area contributed by atoms with Crippen LogP contribution in [0.15, 0.2) is 55.4 Å². The Balaban J connectivity index is 1.69. The molecule has 5 nitrogen and oxygen atoms in total. The summed E-state index contributed by atoms with van der Waals surface area (Å²) in [6.45, 7) is 4.91. The zero-order chi connectivity index (χ0) is 19.2. The molecule has 0 unspecified atom stereocenters. The molecule has 0 aliphatic carbocycles. The van der Waals surface area contributed by atoms with E-state index in [-0.39, 0.29) is 6.61 Å². The molecule has 0 aliphatic heterocycles. The molecule has 0 amide bonds. The number of ether oxygens (including phenoxy) is 3. The summed E-state index contributed by atoms with van der Waals surface area (Å²) in [4.78, 5) is 4.27. The Bertz CT molecular complexity index is 688. The average Bonchev–Trinajstić information content (AvgIpc) is 2.70. The van der Waals surface area contributed by atoms with Crippen LogP contribution in [0.3, 0.4) is 0 Å². The highest BCUT2D eigenvalue weighted by molar-refractivity contribution is 5.70. The number of pyridine rings is 1. The number of alkyl halides is 1. The van der Waals surface area contributed by atoms with E-state index in [1.807, 2.05) is 48.6 Å². The van der Waals surface area contributed by atoms with Crippen molar-refractivity contribution in [3.8, 4) is 5.88 Å². The Morgan fingerprint density at radius 2 is 1.56 bits per heavy atom. The monoisotopic (exact) mass is 372 g/mol. The topological polar surface area (TPSA) is 52.6 Å². The predicted octanol–water partition coefficient (Wildman–Crippen LogP) is 4.19. The number of nitrogens with one attached hydrogen (secondary N) is 1. The van der Waals surface area contributed by atoms with Gasteiger partial charge >= 0.3 is 0 Å². The van der Waals surface area contributed by atoms with Crippen LogP contribution < -0.4 is 10.1 Å². The SMILES string of the molecule is C=CNc1ccc(/C=C/c2ccc(OCCOCCOCCF)nc2)cc1. The van der Waals surface area contributed by atoms with E-state index in [1.54, 1.807) is 12.4 Å². The van der Waals surface area contributed by atoms with Gasteiger partial charge in [-0.1, -0.05) is 30.9 Å². The lowest BCUT2D eigenvalue weighted by molar-refractivity contribution is 0.0320. The second-order valence-corrected chi connectivity index (χ2v) is 5.50. The van der Waals surface area contributed by atoms with E-state index in [4.69, 9.17) is 14.2 Å². The fourth-order valence-corrected chi connectivity index (χ4v) is 2.16. The molecule has 2 aromatic rings. The molecule has 1 aromatic heterocycles. The molecule has 1 aromatic carbocycles. The Labute approximate surface area is 159 Å². The van der Waals surface area contributed by atoms with Crippen LogP contribution in [0.1, 0.15) is 11.1 Å². The van der Waals surface area contributed by atoms with Crippen LogP contribution in [0, 0.1) is 0 Å². The zero-order valence-corrected chi connectivity index (χ0v) is 15.3. The highest BCUT2D eigenvalue weighted by atomic mass is 19.1.